The van der Waals surface area contributed by atoms with Gasteiger partial charge in [0.15, 0.2) is 0 Å². The Labute approximate surface area is 48.5 Å². The van der Waals surface area contributed by atoms with Crippen LogP contribution >= 0.6 is 0 Å². The van der Waals surface area contributed by atoms with Crippen LogP contribution < -0.4 is 0 Å². The van der Waals surface area contributed by atoms with Crippen molar-refractivity contribution in [2.75, 3.05) is 6.61 Å². The lowest BCUT2D eigenvalue weighted by molar-refractivity contribution is -0.121. The second kappa shape index (κ2) is 2.27. The fraction of sp³-hybridized carbons (Fsp3) is 0.833. The molecular formula is C6H10O2. The van der Waals surface area contributed by atoms with Crippen molar-refractivity contribution < 1.29 is 9.90 Å². The van der Waals surface area contributed by atoms with Crippen molar-refractivity contribution in [3.8, 4) is 0 Å². The minimum Gasteiger partial charge on any atom is -0.396 e. The summed E-state index contributed by atoms with van der Waals surface area (Å²) in [5.41, 5.74) is 0. The maximum absolute atomic E-state index is 10.6. The highest BCUT2D eigenvalue weighted by Gasteiger charge is 2.22. The van der Waals surface area contributed by atoms with Gasteiger partial charge in [0.2, 0.25) is 0 Å². The molecule has 1 unspecified atom stereocenters. The first-order valence-electron chi connectivity index (χ1n) is 2.98. The molecule has 0 aromatic heterocycles. The minimum absolute atomic E-state index is 0.0185. The Morgan fingerprint density at radius 1 is 1.75 bits per heavy atom. The van der Waals surface area contributed by atoms with Crippen LogP contribution in [0.15, 0.2) is 0 Å². The van der Waals surface area contributed by atoms with E-state index in [1.165, 1.54) is 0 Å². The lowest BCUT2D eigenvalue weighted by Crippen LogP contribution is -2.09. The summed E-state index contributed by atoms with van der Waals surface area (Å²) in [6.45, 7) is 0.0544. The first-order valence-corrected chi connectivity index (χ1v) is 2.98. The first kappa shape index (κ1) is 5.76. The van der Waals surface area contributed by atoms with E-state index in [1.54, 1.807) is 0 Å². The van der Waals surface area contributed by atoms with Gasteiger partial charge >= 0.3 is 0 Å². The largest absolute Gasteiger partial charge is 0.396 e. The summed E-state index contributed by atoms with van der Waals surface area (Å²) in [7, 11) is 0. The third-order valence-electron chi connectivity index (χ3n) is 1.65. The Bertz CT molecular complexity index is 98.7. The maximum atomic E-state index is 10.6. The maximum Gasteiger partial charge on any atom is 0.138 e. The molecular weight excluding hydrogens is 104 g/mol. The van der Waals surface area contributed by atoms with Crippen LogP contribution in [-0.4, -0.2) is 17.5 Å². The fourth-order valence-corrected chi connectivity index (χ4v) is 1.08. The quantitative estimate of drug-likeness (QED) is 0.534. The van der Waals surface area contributed by atoms with Crippen LogP contribution in [0.4, 0.5) is 0 Å². The molecule has 0 spiro atoms. The summed E-state index contributed by atoms with van der Waals surface area (Å²) >= 11 is 0. The number of hydrogen-bond acceptors (Lipinski definition) is 2. The van der Waals surface area contributed by atoms with Crippen LogP contribution in [0.1, 0.15) is 19.3 Å². The van der Waals surface area contributed by atoms with Gasteiger partial charge in [-0.25, -0.2) is 0 Å². The monoisotopic (exact) mass is 114 g/mol. The fourth-order valence-electron chi connectivity index (χ4n) is 1.08. The van der Waals surface area contributed by atoms with Crippen molar-refractivity contribution in [1.82, 2.24) is 0 Å². The van der Waals surface area contributed by atoms with Gasteiger partial charge in [0.1, 0.15) is 5.78 Å². The van der Waals surface area contributed by atoms with Crippen LogP contribution in [0, 0.1) is 5.92 Å². The van der Waals surface area contributed by atoms with Crippen molar-refractivity contribution in [2.24, 2.45) is 5.92 Å². The molecule has 0 radical (unpaired) electrons. The number of aliphatic hydroxyl groups is 1. The number of aliphatic hydroxyl groups excluding tert-OH is 1. The van der Waals surface area contributed by atoms with Crippen molar-refractivity contribution in [2.45, 2.75) is 19.3 Å². The van der Waals surface area contributed by atoms with Gasteiger partial charge in [-0.2, -0.15) is 0 Å². The number of Topliss-reactive ketones (excluding diaryl/α,β-unsaturated/α-hetero) is 1. The average Bonchev–Trinajstić information content (AvgIpc) is 2.14. The van der Waals surface area contributed by atoms with Gasteiger partial charge in [-0.3, -0.25) is 4.79 Å². The van der Waals surface area contributed by atoms with Gasteiger partial charge in [-0.15, -0.1) is 0 Å². The van der Waals surface area contributed by atoms with Gasteiger partial charge in [0.05, 0.1) is 6.61 Å². The van der Waals surface area contributed by atoms with Crippen molar-refractivity contribution in [3.63, 3.8) is 0 Å². The molecule has 1 fully saturated rings. The molecule has 0 aromatic carbocycles. The number of rotatable bonds is 1. The van der Waals surface area contributed by atoms with E-state index < -0.39 is 0 Å². The molecule has 0 saturated heterocycles. The van der Waals surface area contributed by atoms with Gasteiger partial charge in [0, 0.05) is 12.3 Å². The zero-order valence-electron chi connectivity index (χ0n) is 4.76. The Kier molecular flexibility index (Phi) is 1.63. The normalized spacial score (nSPS) is 29.1. The van der Waals surface area contributed by atoms with Gasteiger partial charge in [-0.05, 0) is 12.8 Å². The zero-order valence-corrected chi connectivity index (χ0v) is 4.76. The summed E-state index contributed by atoms with van der Waals surface area (Å²) in [5.74, 6) is 0.225. The zero-order chi connectivity index (χ0) is 5.98. The van der Waals surface area contributed by atoms with Crippen molar-refractivity contribution in [1.29, 1.82) is 0 Å². The second-order valence-electron chi connectivity index (χ2n) is 2.24. The SMILES string of the molecule is O=C1CCCC1CO. The highest BCUT2D eigenvalue weighted by molar-refractivity contribution is 5.82. The second-order valence-corrected chi connectivity index (χ2v) is 2.24. The molecule has 0 aromatic rings. The molecule has 0 aliphatic heterocycles. The molecule has 0 heterocycles. The van der Waals surface area contributed by atoms with Gasteiger partial charge in [0.25, 0.3) is 0 Å². The smallest absolute Gasteiger partial charge is 0.138 e. The van der Waals surface area contributed by atoms with Crippen LogP contribution in [0.5, 0.6) is 0 Å². The molecule has 1 saturated carbocycles. The van der Waals surface area contributed by atoms with E-state index in [-0.39, 0.29) is 18.3 Å². The van der Waals surface area contributed by atoms with E-state index in [1.807, 2.05) is 0 Å². The summed E-state index contributed by atoms with van der Waals surface area (Å²) in [4.78, 5) is 10.6. The summed E-state index contributed by atoms with van der Waals surface area (Å²) in [6.07, 6.45) is 2.56. The minimum atomic E-state index is -0.0185. The Morgan fingerprint density at radius 3 is 2.75 bits per heavy atom. The lowest BCUT2D eigenvalue weighted by Gasteiger charge is -1.98. The molecule has 0 amide bonds. The molecule has 1 rings (SSSR count). The van der Waals surface area contributed by atoms with E-state index >= 15 is 0 Å². The average molecular weight is 114 g/mol. The summed E-state index contributed by atoms with van der Waals surface area (Å²) in [6, 6.07) is 0. The highest BCUT2D eigenvalue weighted by Crippen LogP contribution is 2.19. The Morgan fingerprint density at radius 2 is 2.50 bits per heavy atom. The van der Waals surface area contributed by atoms with Crippen molar-refractivity contribution >= 4 is 5.78 Å². The number of hydrogen-bond donors (Lipinski definition) is 1. The molecule has 2 heteroatoms. The van der Waals surface area contributed by atoms with Crippen LogP contribution in [0.2, 0.25) is 0 Å². The van der Waals surface area contributed by atoms with E-state index in [9.17, 15) is 4.79 Å². The van der Waals surface area contributed by atoms with Crippen molar-refractivity contribution in [3.05, 3.63) is 0 Å². The molecule has 1 N–H and O–H groups in total. The summed E-state index contributed by atoms with van der Waals surface area (Å²) < 4.78 is 0. The van der Waals surface area contributed by atoms with E-state index in [0.717, 1.165) is 12.8 Å². The highest BCUT2D eigenvalue weighted by atomic mass is 16.3. The van der Waals surface area contributed by atoms with E-state index in [4.69, 9.17) is 5.11 Å². The predicted octanol–water partition coefficient (Wildman–Crippen LogP) is 0.348. The third kappa shape index (κ3) is 0.892. The topological polar surface area (TPSA) is 37.3 Å². The number of carbonyl (C=O) groups is 1. The standard InChI is InChI=1S/C6H10O2/c7-4-5-2-1-3-6(5)8/h5,7H,1-4H2. The summed E-state index contributed by atoms with van der Waals surface area (Å²) in [5, 5.41) is 8.52. The van der Waals surface area contributed by atoms with Gasteiger partial charge < -0.3 is 5.11 Å². The first-order chi connectivity index (χ1) is 3.84. The predicted molar refractivity (Wildman–Crippen MR) is 29.4 cm³/mol. The Balaban J connectivity index is 2.42. The Hall–Kier alpha value is -0.370. The van der Waals surface area contributed by atoms with Gasteiger partial charge in [-0.1, -0.05) is 0 Å². The van der Waals surface area contributed by atoms with Crippen LogP contribution in [-0.2, 0) is 4.79 Å². The molecule has 1 atom stereocenters. The molecule has 46 valence electrons. The molecule has 1 aliphatic rings. The molecule has 8 heavy (non-hydrogen) atoms. The molecule has 1 aliphatic carbocycles. The van der Waals surface area contributed by atoms with Crippen LogP contribution in [0.25, 0.3) is 0 Å². The molecule has 2 nitrogen and oxygen atoms in total. The van der Waals surface area contributed by atoms with E-state index in [0.29, 0.717) is 6.42 Å². The van der Waals surface area contributed by atoms with Crippen LogP contribution in [0.3, 0.4) is 0 Å². The third-order valence-corrected chi connectivity index (χ3v) is 1.65. The lowest BCUT2D eigenvalue weighted by atomic mass is 10.1. The van der Waals surface area contributed by atoms with E-state index in [2.05, 4.69) is 0 Å². The number of ketones is 1. The molecule has 0 bridgehead atoms. The number of carbonyl (C=O) groups excluding carboxylic acids is 1.